The van der Waals surface area contributed by atoms with Crippen LogP contribution in [0.2, 0.25) is 5.02 Å². The van der Waals surface area contributed by atoms with Gasteiger partial charge in [-0.15, -0.1) is 0 Å². The summed E-state index contributed by atoms with van der Waals surface area (Å²) in [7, 11) is 1.62. The van der Waals surface area contributed by atoms with Crippen LogP contribution < -0.4 is 16.4 Å². The van der Waals surface area contributed by atoms with Gasteiger partial charge in [0, 0.05) is 17.2 Å². The molecule has 0 radical (unpaired) electrons. The molecule has 1 heterocycles. The first kappa shape index (κ1) is 24.0. The molecule has 0 spiro atoms. The predicted molar refractivity (Wildman–Crippen MR) is 144 cm³/mol. The number of nitrogens with two attached hydrogens (primary N) is 1. The maximum atomic E-state index is 12.8. The molecule has 0 saturated carbocycles. The third kappa shape index (κ3) is 4.74. The molecule has 7 nitrogen and oxygen atoms in total. The van der Waals surface area contributed by atoms with E-state index in [-0.39, 0.29) is 17.9 Å². The fourth-order valence-electron chi connectivity index (χ4n) is 3.84. The Hall–Kier alpha value is -3.11. The molecule has 0 saturated heterocycles. The van der Waals surface area contributed by atoms with Crippen molar-refractivity contribution in [2.45, 2.75) is 19.0 Å². The highest BCUT2D eigenvalue weighted by molar-refractivity contribution is 14.1. The van der Waals surface area contributed by atoms with E-state index >= 15 is 0 Å². The smallest absolute Gasteiger partial charge is 0.319 e. The van der Waals surface area contributed by atoms with Gasteiger partial charge in [0.25, 0.3) is 5.91 Å². The maximum absolute atomic E-state index is 12.8. The van der Waals surface area contributed by atoms with Crippen molar-refractivity contribution in [2.24, 2.45) is 10.7 Å². The zero-order chi connectivity index (χ0) is 24.5. The summed E-state index contributed by atoms with van der Waals surface area (Å²) in [6.07, 6.45) is 0. The average Bonchev–Trinajstić information content (AvgIpc) is 3.03. The molecule has 0 bridgehead atoms. The van der Waals surface area contributed by atoms with Crippen molar-refractivity contribution in [1.82, 2.24) is 10.2 Å². The highest BCUT2D eigenvalue weighted by atomic mass is 127. The summed E-state index contributed by atoms with van der Waals surface area (Å²) in [5, 5.41) is 6.12. The molecule has 3 aromatic rings. The van der Waals surface area contributed by atoms with Crippen LogP contribution in [0.5, 0.6) is 0 Å². The number of amides is 3. The minimum atomic E-state index is -1.08. The van der Waals surface area contributed by atoms with Gasteiger partial charge in [0.1, 0.15) is 0 Å². The van der Waals surface area contributed by atoms with Crippen molar-refractivity contribution in [1.29, 1.82) is 0 Å². The SMILES string of the molecule is CN1C(=O)C(C)(c2cccc(-c3cc(I)ccc3CNC(=O)Nc3ccccc3Cl)c2)N=C1N. The highest BCUT2D eigenvalue weighted by Crippen LogP contribution is 2.35. The lowest BCUT2D eigenvalue weighted by Crippen LogP contribution is -2.38. The molecule has 0 aromatic heterocycles. The second-order valence-electron chi connectivity index (χ2n) is 8.08. The van der Waals surface area contributed by atoms with Crippen LogP contribution in [-0.4, -0.2) is 29.8 Å². The van der Waals surface area contributed by atoms with E-state index in [1.165, 1.54) is 4.90 Å². The first-order valence-electron chi connectivity index (χ1n) is 10.5. The Morgan fingerprint density at radius 2 is 1.91 bits per heavy atom. The Bertz CT molecular complexity index is 1310. The van der Waals surface area contributed by atoms with Gasteiger partial charge >= 0.3 is 6.03 Å². The number of guanidine groups is 1. The van der Waals surface area contributed by atoms with E-state index in [4.69, 9.17) is 17.3 Å². The summed E-state index contributed by atoms with van der Waals surface area (Å²) in [6, 6.07) is 20.4. The molecule has 4 rings (SSSR count). The van der Waals surface area contributed by atoms with Gasteiger partial charge in [-0.05, 0) is 82.1 Å². The lowest BCUT2D eigenvalue weighted by atomic mass is 9.89. The van der Waals surface area contributed by atoms with Crippen molar-refractivity contribution < 1.29 is 9.59 Å². The molecule has 0 aliphatic carbocycles. The molecule has 4 N–H and O–H groups in total. The molecule has 1 unspecified atom stereocenters. The monoisotopic (exact) mass is 587 g/mol. The number of rotatable bonds is 5. The highest BCUT2D eigenvalue weighted by Gasteiger charge is 2.43. The van der Waals surface area contributed by atoms with E-state index in [0.29, 0.717) is 17.3 Å². The van der Waals surface area contributed by atoms with E-state index in [0.717, 1.165) is 25.8 Å². The molecule has 174 valence electrons. The molecule has 3 amide bonds. The first-order chi connectivity index (χ1) is 16.2. The summed E-state index contributed by atoms with van der Waals surface area (Å²) < 4.78 is 1.05. The van der Waals surface area contributed by atoms with Crippen LogP contribution in [-0.2, 0) is 16.9 Å². The number of benzene rings is 3. The number of para-hydroxylation sites is 1. The van der Waals surface area contributed by atoms with Crippen LogP contribution in [0, 0.1) is 3.57 Å². The van der Waals surface area contributed by atoms with E-state index in [1.54, 1.807) is 38.2 Å². The predicted octanol–water partition coefficient (Wildman–Crippen LogP) is 4.94. The lowest BCUT2D eigenvalue weighted by Gasteiger charge is -2.21. The lowest BCUT2D eigenvalue weighted by molar-refractivity contribution is -0.130. The van der Waals surface area contributed by atoms with Gasteiger partial charge in [-0.25, -0.2) is 9.79 Å². The third-order valence-corrected chi connectivity index (χ3v) is 6.77. The van der Waals surface area contributed by atoms with Crippen LogP contribution in [0.3, 0.4) is 0 Å². The van der Waals surface area contributed by atoms with E-state index < -0.39 is 5.54 Å². The molecular weight excluding hydrogens is 565 g/mol. The summed E-state index contributed by atoms with van der Waals surface area (Å²) in [5.41, 5.74) is 8.90. The molecular formula is C25H23ClIN5O2. The van der Waals surface area contributed by atoms with Gasteiger partial charge in [0.2, 0.25) is 0 Å². The number of aliphatic imine (C=N–C) groups is 1. The second-order valence-corrected chi connectivity index (χ2v) is 9.73. The van der Waals surface area contributed by atoms with E-state index in [9.17, 15) is 9.59 Å². The number of carbonyl (C=O) groups excluding carboxylic acids is 2. The van der Waals surface area contributed by atoms with Gasteiger partial charge in [-0.2, -0.15) is 0 Å². The molecule has 1 aliphatic heterocycles. The van der Waals surface area contributed by atoms with Crippen LogP contribution in [0.4, 0.5) is 10.5 Å². The third-order valence-electron chi connectivity index (χ3n) is 5.77. The minimum Gasteiger partial charge on any atom is -0.369 e. The molecule has 34 heavy (non-hydrogen) atoms. The fraction of sp³-hybridized carbons (Fsp3) is 0.160. The number of carbonyl (C=O) groups is 2. The summed E-state index contributed by atoms with van der Waals surface area (Å²) in [4.78, 5) is 31.1. The maximum Gasteiger partial charge on any atom is 0.319 e. The number of hydrogen-bond donors (Lipinski definition) is 3. The van der Waals surface area contributed by atoms with Gasteiger partial charge in [-0.1, -0.05) is 48.0 Å². The van der Waals surface area contributed by atoms with Crippen molar-refractivity contribution in [3.8, 4) is 11.1 Å². The Morgan fingerprint density at radius 3 is 2.62 bits per heavy atom. The van der Waals surface area contributed by atoms with Gasteiger partial charge in [-0.3, -0.25) is 9.69 Å². The van der Waals surface area contributed by atoms with Crippen molar-refractivity contribution in [3.05, 3.63) is 86.4 Å². The molecule has 1 aliphatic rings. The standard InChI is InChI=1S/C25H23ClIN5O2/c1-25(22(33)32(2)23(28)31-25)17-7-5-6-15(12-17)19-13-18(27)11-10-16(19)14-29-24(34)30-21-9-4-3-8-20(21)26/h3-13H,14H2,1-2H3,(H2,28,31)(H2,29,30,34). The topological polar surface area (TPSA) is 99.8 Å². The fourth-order valence-corrected chi connectivity index (χ4v) is 4.51. The Morgan fingerprint density at radius 1 is 1.15 bits per heavy atom. The van der Waals surface area contributed by atoms with Crippen molar-refractivity contribution in [3.63, 3.8) is 0 Å². The van der Waals surface area contributed by atoms with Gasteiger partial charge in [0.15, 0.2) is 11.5 Å². The number of halogens is 2. The Kier molecular flexibility index (Phi) is 6.81. The number of nitrogens with zero attached hydrogens (tertiary/aromatic N) is 2. The second kappa shape index (κ2) is 9.63. The van der Waals surface area contributed by atoms with Crippen molar-refractivity contribution in [2.75, 3.05) is 12.4 Å². The molecule has 0 fully saturated rings. The van der Waals surface area contributed by atoms with Crippen LogP contribution in [0.15, 0.2) is 71.7 Å². The molecule has 1 atom stereocenters. The van der Waals surface area contributed by atoms with Crippen LogP contribution in [0.1, 0.15) is 18.1 Å². The summed E-state index contributed by atoms with van der Waals surface area (Å²) >= 11 is 8.38. The normalized spacial score (nSPS) is 17.5. The Labute approximate surface area is 216 Å². The van der Waals surface area contributed by atoms with E-state index in [2.05, 4.69) is 38.2 Å². The number of urea groups is 1. The number of hydrogen-bond acceptors (Lipinski definition) is 4. The summed E-state index contributed by atoms with van der Waals surface area (Å²) in [6.45, 7) is 2.07. The largest absolute Gasteiger partial charge is 0.369 e. The number of nitrogens with one attached hydrogen (secondary N) is 2. The quantitative estimate of drug-likeness (QED) is 0.369. The Balaban J connectivity index is 1.60. The molecule has 9 heteroatoms. The van der Waals surface area contributed by atoms with Gasteiger partial charge in [0.05, 0.1) is 10.7 Å². The molecule has 3 aromatic carbocycles. The zero-order valence-electron chi connectivity index (χ0n) is 18.6. The van der Waals surface area contributed by atoms with Crippen LogP contribution >= 0.6 is 34.2 Å². The van der Waals surface area contributed by atoms with Crippen LogP contribution in [0.25, 0.3) is 11.1 Å². The van der Waals surface area contributed by atoms with Gasteiger partial charge < -0.3 is 16.4 Å². The zero-order valence-corrected chi connectivity index (χ0v) is 21.5. The first-order valence-corrected chi connectivity index (χ1v) is 12.0. The number of anilines is 1. The number of likely N-dealkylation sites (N-methyl/N-ethyl adjacent to an activating group) is 1. The average molecular weight is 588 g/mol. The van der Waals surface area contributed by atoms with E-state index in [1.807, 2.05) is 42.5 Å². The minimum absolute atomic E-state index is 0.178. The summed E-state index contributed by atoms with van der Waals surface area (Å²) in [5.74, 6) is 0.0181. The van der Waals surface area contributed by atoms with Crippen molar-refractivity contribution >= 4 is 57.8 Å².